The first-order valence-electron chi connectivity index (χ1n) is 6.54. The SMILES string of the molecule is O=S(=O)(c1ccc(Cl)cc1F)N1CCCCCC1CO. The quantitative estimate of drug-likeness (QED) is 0.930. The van der Waals surface area contributed by atoms with Crippen LogP contribution in [0.25, 0.3) is 0 Å². The minimum absolute atomic E-state index is 0.149. The Labute approximate surface area is 123 Å². The molecule has 1 aliphatic heterocycles. The van der Waals surface area contributed by atoms with Gasteiger partial charge in [-0.1, -0.05) is 24.4 Å². The molecular formula is C13H17ClFNO3S. The molecular weight excluding hydrogens is 305 g/mol. The van der Waals surface area contributed by atoms with E-state index in [1.54, 1.807) is 0 Å². The van der Waals surface area contributed by atoms with Gasteiger partial charge in [-0.2, -0.15) is 4.31 Å². The first-order valence-corrected chi connectivity index (χ1v) is 8.36. The van der Waals surface area contributed by atoms with Gasteiger partial charge in [0.2, 0.25) is 10.0 Å². The number of benzene rings is 1. The highest BCUT2D eigenvalue weighted by Gasteiger charge is 2.33. The third-order valence-electron chi connectivity index (χ3n) is 3.51. The molecule has 1 saturated heterocycles. The van der Waals surface area contributed by atoms with Crippen molar-refractivity contribution in [3.8, 4) is 0 Å². The fourth-order valence-electron chi connectivity index (χ4n) is 2.46. The summed E-state index contributed by atoms with van der Waals surface area (Å²) in [6.45, 7) is 0.0457. The smallest absolute Gasteiger partial charge is 0.246 e. The van der Waals surface area contributed by atoms with Crippen LogP contribution in [0, 0.1) is 5.82 Å². The molecule has 0 amide bonds. The monoisotopic (exact) mass is 321 g/mol. The van der Waals surface area contributed by atoms with E-state index in [2.05, 4.69) is 0 Å². The number of rotatable bonds is 3. The lowest BCUT2D eigenvalue weighted by Gasteiger charge is -2.27. The molecule has 0 aliphatic carbocycles. The second-order valence-electron chi connectivity index (χ2n) is 4.88. The van der Waals surface area contributed by atoms with Gasteiger partial charge in [0.05, 0.1) is 6.61 Å². The standard InChI is InChI=1S/C13H17ClFNO3S/c14-10-5-6-13(12(15)8-10)20(18,19)16-7-3-1-2-4-11(16)9-17/h5-6,8,11,17H,1-4,7,9H2. The van der Waals surface area contributed by atoms with Crippen molar-refractivity contribution < 1.29 is 17.9 Å². The number of nitrogens with zero attached hydrogens (tertiary/aromatic N) is 1. The zero-order chi connectivity index (χ0) is 14.8. The zero-order valence-corrected chi connectivity index (χ0v) is 12.5. The minimum Gasteiger partial charge on any atom is -0.395 e. The van der Waals surface area contributed by atoms with E-state index in [-0.39, 0.29) is 16.5 Å². The molecule has 0 bridgehead atoms. The zero-order valence-electron chi connectivity index (χ0n) is 10.9. The van der Waals surface area contributed by atoms with Gasteiger partial charge >= 0.3 is 0 Å². The van der Waals surface area contributed by atoms with Gasteiger partial charge in [-0.05, 0) is 31.0 Å². The lowest BCUT2D eigenvalue weighted by Crippen LogP contribution is -2.42. The van der Waals surface area contributed by atoms with Crippen LogP contribution in [0.15, 0.2) is 23.1 Å². The van der Waals surface area contributed by atoms with Gasteiger partial charge in [0, 0.05) is 17.6 Å². The Morgan fingerprint density at radius 2 is 2.10 bits per heavy atom. The lowest BCUT2D eigenvalue weighted by atomic mass is 10.1. The van der Waals surface area contributed by atoms with Crippen LogP contribution in [0.2, 0.25) is 5.02 Å². The molecule has 1 unspecified atom stereocenters. The average molecular weight is 322 g/mol. The molecule has 4 nitrogen and oxygen atoms in total. The average Bonchev–Trinajstić information content (AvgIpc) is 2.63. The van der Waals surface area contributed by atoms with Gasteiger partial charge in [-0.3, -0.25) is 0 Å². The molecule has 1 N–H and O–H groups in total. The van der Waals surface area contributed by atoms with Crippen LogP contribution in [0.1, 0.15) is 25.7 Å². The van der Waals surface area contributed by atoms with Gasteiger partial charge in [0.1, 0.15) is 10.7 Å². The minimum atomic E-state index is -3.95. The van der Waals surface area contributed by atoms with E-state index >= 15 is 0 Å². The van der Waals surface area contributed by atoms with Gasteiger partial charge in [0.15, 0.2) is 0 Å². The predicted molar refractivity (Wildman–Crippen MR) is 74.6 cm³/mol. The van der Waals surface area contributed by atoms with Crippen molar-refractivity contribution >= 4 is 21.6 Å². The number of sulfonamides is 1. The van der Waals surface area contributed by atoms with Crippen LogP contribution < -0.4 is 0 Å². The largest absolute Gasteiger partial charge is 0.395 e. The summed E-state index contributed by atoms with van der Waals surface area (Å²) in [5.41, 5.74) is 0. The van der Waals surface area contributed by atoms with Crippen molar-refractivity contribution in [1.29, 1.82) is 0 Å². The van der Waals surface area contributed by atoms with E-state index in [0.717, 1.165) is 18.9 Å². The van der Waals surface area contributed by atoms with E-state index in [1.807, 2.05) is 0 Å². The summed E-state index contributed by atoms with van der Waals surface area (Å²) in [4.78, 5) is -0.387. The summed E-state index contributed by atoms with van der Waals surface area (Å²) < 4.78 is 40.2. The summed E-state index contributed by atoms with van der Waals surface area (Å²) in [6, 6.07) is 3.02. The van der Waals surface area contributed by atoms with Crippen LogP contribution in [0.4, 0.5) is 4.39 Å². The van der Waals surface area contributed by atoms with E-state index in [4.69, 9.17) is 11.6 Å². The van der Waals surface area contributed by atoms with Crippen molar-refractivity contribution in [2.75, 3.05) is 13.2 Å². The third kappa shape index (κ3) is 3.14. The Balaban J connectivity index is 2.41. The van der Waals surface area contributed by atoms with Crippen LogP contribution in [-0.4, -0.2) is 37.0 Å². The molecule has 0 saturated carbocycles. The summed E-state index contributed by atoms with van der Waals surface area (Å²) >= 11 is 5.65. The predicted octanol–water partition coefficient (Wildman–Crippen LogP) is 2.40. The highest BCUT2D eigenvalue weighted by atomic mass is 35.5. The van der Waals surface area contributed by atoms with Crippen molar-refractivity contribution in [2.24, 2.45) is 0 Å². The van der Waals surface area contributed by atoms with Crippen molar-refractivity contribution in [2.45, 2.75) is 36.6 Å². The number of halogens is 2. The van der Waals surface area contributed by atoms with Crippen molar-refractivity contribution in [3.63, 3.8) is 0 Å². The van der Waals surface area contributed by atoms with Gasteiger partial charge < -0.3 is 5.11 Å². The van der Waals surface area contributed by atoms with Gasteiger partial charge in [-0.25, -0.2) is 12.8 Å². The van der Waals surface area contributed by atoms with Crippen LogP contribution in [0.3, 0.4) is 0 Å². The fraction of sp³-hybridized carbons (Fsp3) is 0.538. The molecule has 0 spiro atoms. The van der Waals surface area contributed by atoms with E-state index in [9.17, 15) is 17.9 Å². The molecule has 112 valence electrons. The summed E-state index contributed by atoms with van der Waals surface area (Å²) in [5.74, 6) is -0.863. The molecule has 1 aromatic carbocycles. The van der Waals surface area contributed by atoms with E-state index in [1.165, 1.54) is 16.4 Å². The van der Waals surface area contributed by atoms with Crippen molar-refractivity contribution in [1.82, 2.24) is 4.31 Å². The van der Waals surface area contributed by atoms with E-state index in [0.29, 0.717) is 19.4 Å². The fourth-order valence-corrected chi connectivity index (χ4v) is 4.35. The maximum absolute atomic E-state index is 13.9. The van der Waals surface area contributed by atoms with Crippen LogP contribution >= 0.6 is 11.6 Å². The van der Waals surface area contributed by atoms with Gasteiger partial charge in [-0.15, -0.1) is 0 Å². The molecule has 20 heavy (non-hydrogen) atoms. The molecule has 1 aromatic rings. The number of hydrogen-bond donors (Lipinski definition) is 1. The summed E-state index contributed by atoms with van der Waals surface area (Å²) in [6.07, 6.45) is 3.07. The Morgan fingerprint density at radius 1 is 1.35 bits per heavy atom. The highest BCUT2D eigenvalue weighted by Crippen LogP contribution is 2.27. The van der Waals surface area contributed by atoms with Crippen LogP contribution in [-0.2, 0) is 10.0 Å². The number of hydrogen-bond acceptors (Lipinski definition) is 3. The lowest BCUT2D eigenvalue weighted by molar-refractivity contribution is 0.186. The number of aliphatic hydroxyl groups is 1. The maximum Gasteiger partial charge on any atom is 0.246 e. The molecule has 0 radical (unpaired) electrons. The molecule has 0 aromatic heterocycles. The Morgan fingerprint density at radius 3 is 2.75 bits per heavy atom. The number of aliphatic hydroxyl groups excluding tert-OH is 1. The van der Waals surface area contributed by atoms with Gasteiger partial charge in [0.25, 0.3) is 0 Å². The maximum atomic E-state index is 13.9. The molecule has 1 fully saturated rings. The van der Waals surface area contributed by atoms with E-state index < -0.39 is 21.9 Å². The van der Waals surface area contributed by atoms with Crippen LogP contribution in [0.5, 0.6) is 0 Å². The second kappa shape index (κ2) is 6.39. The second-order valence-corrected chi connectivity index (χ2v) is 7.17. The molecule has 2 rings (SSSR count). The van der Waals surface area contributed by atoms with Crippen molar-refractivity contribution in [3.05, 3.63) is 29.0 Å². The molecule has 7 heteroatoms. The first kappa shape index (κ1) is 15.7. The normalized spacial score (nSPS) is 21.6. The Kier molecular flexibility index (Phi) is 5.01. The molecule has 1 atom stereocenters. The highest BCUT2D eigenvalue weighted by molar-refractivity contribution is 7.89. The topological polar surface area (TPSA) is 57.6 Å². The Hall–Kier alpha value is -0.690. The summed E-state index contributed by atoms with van der Waals surface area (Å²) in [7, 11) is -3.95. The Bertz CT molecular complexity index is 579. The molecule has 1 heterocycles. The summed E-state index contributed by atoms with van der Waals surface area (Å²) in [5, 5.41) is 9.54. The molecule has 1 aliphatic rings. The first-order chi connectivity index (χ1) is 9.46. The third-order valence-corrected chi connectivity index (χ3v) is 5.73.